The molecule has 1 unspecified atom stereocenters. The van der Waals surface area contributed by atoms with Gasteiger partial charge in [0.25, 0.3) is 5.91 Å². The van der Waals surface area contributed by atoms with Crippen LogP contribution in [-0.4, -0.2) is 62.1 Å². The van der Waals surface area contributed by atoms with E-state index in [-0.39, 0.29) is 18.4 Å². The molecule has 0 bridgehead atoms. The van der Waals surface area contributed by atoms with Gasteiger partial charge in [-0.05, 0) is 56.3 Å². The average molecular weight is 423 g/mol. The van der Waals surface area contributed by atoms with E-state index in [1.807, 2.05) is 30.3 Å². The van der Waals surface area contributed by atoms with Crippen LogP contribution < -0.4 is 19.9 Å². The summed E-state index contributed by atoms with van der Waals surface area (Å²) in [6, 6.07) is 13.3. The van der Waals surface area contributed by atoms with E-state index in [1.165, 1.54) is 10.6 Å². The molecule has 1 saturated heterocycles. The summed E-state index contributed by atoms with van der Waals surface area (Å²) in [5.74, 6) is 0.165. The Bertz CT molecular complexity index is 969. The van der Waals surface area contributed by atoms with Crippen LogP contribution in [0.1, 0.15) is 19.4 Å². The summed E-state index contributed by atoms with van der Waals surface area (Å²) in [4.78, 5) is 31.7. The van der Waals surface area contributed by atoms with E-state index in [1.54, 1.807) is 13.0 Å². The largest absolute Gasteiger partial charge is 0.479 e. The van der Waals surface area contributed by atoms with Crippen LogP contribution in [0.3, 0.4) is 0 Å². The highest BCUT2D eigenvalue weighted by molar-refractivity contribution is 6.06. The minimum atomic E-state index is -0.614. The van der Waals surface area contributed by atoms with Gasteiger partial charge in [-0.2, -0.15) is 0 Å². The number of aryl methyl sites for hydroxylation is 1. The van der Waals surface area contributed by atoms with E-state index in [0.29, 0.717) is 11.4 Å². The molecule has 0 radical (unpaired) electrons. The molecule has 2 aliphatic heterocycles. The lowest BCUT2D eigenvalue weighted by Crippen LogP contribution is -2.47. The number of nitrogens with one attached hydrogen (secondary N) is 1. The van der Waals surface area contributed by atoms with Crippen molar-refractivity contribution in [3.63, 3.8) is 0 Å². The Labute approximate surface area is 183 Å². The van der Waals surface area contributed by atoms with Crippen molar-refractivity contribution in [3.05, 3.63) is 48.0 Å². The number of piperazine rings is 1. The van der Waals surface area contributed by atoms with Crippen molar-refractivity contribution in [3.8, 4) is 5.75 Å². The molecule has 164 valence electrons. The molecule has 31 heavy (non-hydrogen) atoms. The molecule has 2 heterocycles. The number of hydrogen-bond donors (Lipinski definition) is 1. The molecular weight excluding hydrogens is 392 g/mol. The molecular formula is C24H30N4O3. The monoisotopic (exact) mass is 422 g/mol. The average Bonchev–Trinajstić information content (AvgIpc) is 2.77. The number of ether oxygens (including phenoxy) is 1. The molecule has 1 N–H and O–H groups in total. The zero-order valence-electron chi connectivity index (χ0n) is 18.4. The minimum absolute atomic E-state index is 0.0523. The van der Waals surface area contributed by atoms with Crippen LogP contribution in [0.2, 0.25) is 0 Å². The number of para-hydroxylation sites is 2. The lowest BCUT2D eigenvalue weighted by Gasteiger charge is -2.36. The Morgan fingerprint density at radius 2 is 1.84 bits per heavy atom. The summed E-state index contributed by atoms with van der Waals surface area (Å²) in [6.45, 7) is 11.2. The molecule has 7 heteroatoms. The number of benzene rings is 2. The number of fused-ring (bicyclic) bond motifs is 1. The van der Waals surface area contributed by atoms with Gasteiger partial charge in [-0.1, -0.05) is 19.1 Å². The van der Waals surface area contributed by atoms with Gasteiger partial charge in [0.15, 0.2) is 6.10 Å². The standard InChI is InChI=1S/C24H30N4O3/c1-4-26-11-13-27(14-12-26)20-10-9-19(15-17(20)2)25-23(29)16-28-21-7-5-6-8-22(21)31-18(3)24(28)30/h5-10,15,18H,4,11-14,16H2,1-3H3,(H,25,29). The van der Waals surface area contributed by atoms with E-state index in [2.05, 4.69) is 35.0 Å². The summed E-state index contributed by atoms with van der Waals surface area (Å²) in [5.41, 5.74) is 3.70. The molecule has 2 amide bonds. The SMILES string of the molecule is CCN1CCN(c2ccc(NC(=O)CN3C(=O)C(C)Oc4ccccc43)cc2C)CC1. The number of hydrogen-bond acceptors (Lipinski definition) is 5. The number of amides is 2. The van der Waals surface area contributed by atoms with Crippen LogP contribution >= 0.6 is 0 Å². The zero-order chi connectivity index (χ0) is 22.0. The van der Waals surface area contributed by atoms with Gasteiger partial charge in [0.1, 0.15) is 12.3 Å². The Balaban J connectivity index is 1.42. The second-order valence-corrected chi connectivity index (χ2v) is 8.12. The van der Waals surface area contributed by atoms with Gasteiger partial charge in [-0.3, -0.25) is 14.5 Å². The number of likely N-dealkylation sites (N-methyl/N-ethyl adjacent to an activating group) is 1. The molecule has 1 fully saturated rings. The fourth-order valence-electron chi connectivity index (χ4n) is 4.26. The third kappa shape index (κ3) is 4.51. The van der Waals surface area contributed by atoms with Gasteiger partial charge in [0.2, 0.25) is 5.91 Å². The lowest BCUT2D eigenvalue weighted by molar-refractivity contribution is -0.127. The molecule has 0 saturated carbocycles. The second-order valence-electron chi connectivity index (χ2n) is 8.12. The molecule has 2 aromatic rings. The maximum Gasteiger partial charge on any atom is 0.268 e. The second kappa shape index (κ2) is 8.98. The number of anilines is 3. The van der Waals surface area contributed by atoms with Crippen LogP contribution in [0.5, 0.6) is 5.75 Å². The summed E-state index contributed by atoms with van der Waals surface area (Å²) in [7, 11) is 0. The summed E-state index contributed by atoms with van der Waals surface area (Å²) in [6.07, 6.45) is -0.614. The topological polar surface area (TPSA) is 65.1 Å². The Hall–Kier alpha value is -3.06. The van der Waals surface area contributed by atoms with Crippen LogP contribution in [0.15, 0.2) is 42.5 Å². The van der Waals surface area contributed by atoms with Gasteiger partial charge in [0.05, 0.1) is 5.69 Å². The van der Waals surface area contributed by atoms with Crippen LogP contribution in [0.4, 0.5) is 17.1 Å². The van der Waals surface area contributed by atoms with Crippen molar-refractivity contribution >= 4 is 28.9 Å². The Morgan fingerprint density at radius 1 is 1.10 bits per heavy atom. The maximum absolute atomic E-state index is 12.7. The van der Waals surface area contributed by atoms with E-state index >= 15 is 0 Å². The summed E-state index contributed by atoms with van der Waals surface area (Å²) in [5, 5.41) is 2.94. The zero-order valence-corrected chi connectivity index (χ0v) is 18.4. The first-order chi connectivity index (χ1) is 15.0. The predicted molar refractivity (Wildman–Crippen MR) is 123 cm³/mol. The maximum atomic E-state index is 12.7. The fraction of sp³-hybridized carbons (Fsp3) is 0.417. The van der Waals surface area contributed by atoms with Gasteiger partial charge in [0, 0.05) is 37.6 Å². The van der Waals surface area contributed by atoms with Crippen molar-refractivity contribution in [2.45, 2.75) is 26.9 Å². The summed E-state index contributed by atoms with van der Waals surface area (Å²) < 4.78 is 5.64. The van der Waals surface area contributed by atoms with Gasteiger partial charge in [-0.15, -0.1) is 0 Å². The number of nitrogens with zero attached hydrogens (tertiary/aromatic N) is 3. The molecule has 0 aromatic heterocycles. The quantitative estimate of drug-likeness (QED) is 0.803. The number of carbonyl (C=O) groups excluding carboxylic acids is 2. The lowest BCUT2D eigenvalue weighted by atomic mass is 10.1. The number of carbonyl (C=O) groups is 2. The third-order valence-corrected chi connectivity index (χ3v) is 6.02. The van der Waals surface area contributed by atoms with Crippen molar-refractivity contribution in [1.82, 2.24) is 4.90 Å². The molecule has 1 atom stereocenters. The molecule has 2 aromatic carbocycles. The van der Waals surface area contributed by atoms with E-state index in [0.717, 1.165) is 44.0 Å². The van der Waals surface area contributed by atoms with Crippen molar-refractivity contribution in [2.75, 3.05) is 54.4 Å². The normalized spacial score (nSPS) is 19.1. The first-order valence-corrected chi connectivity index (χ1v) is 10.9. The van der Waals surface area contributed by atoms with Crippen LogP contribution in [-0.2, 0) is 9.59 Å². The molecule has 0 aliphatic carbocycles. The number of rotatable bonds is 5. The van der Waals surface area contributed by atoms with Crippen LogP contribution in [0.25, 0.3) is 0 Å². The minimum Gasteiger partial charge on any atom is -0.479 e. The highest BCUT2D eigenvalue weighted by Gasteiger charge is 2.32. The van der Waals surface area contributed by atoms with Gasteiger partial charge in [-0.25, -0.2) is 0 Å². The Kier molecular flexibility index (Phi) is 6.13. The van der Waals surface area contributed by atoms with E-state index < -0.39 is 6.10 Å². The smallest absolute Gasteiger partial charge is 0.268 e. The van der Waals surface area contributed by atoms with Crippen molar-refractivity contribution < 1.29 is 14.3 Å². The molecule has 2 aliphatic rings. The molecule has 4 rings (SSSR count). The van der Waals surface area contributed by atoms with Crippen molar-refractivity contribution in [2.24, 2.45) is 0 Å². The fourth-order valence-corrected chi connectivity index (χ4v) is 4.26. The first-order valence-electron chi connectivity index (χ1n) is 10.9. The van der Waals surface area contributed by atoms with Gasteiger partial charge >= 0.3 is 0 Å². The highest BCUT2D eigenvalue weighted by Crippen LogP contribution is 2.33. The van der Waals surface area contributed by atoms with E-state index in [9.17, 15) is 9.59 Å². The summed E-state index contributed by atoms with van der Waals surface area (Å²) >= 11 is 0. The predicted octanol–water partition coefficient (Wildman–Crippen LogP) is 2.89. The van der Waals surface area contributed by atoms with Crippen molar-refractivity contribution in [1.29, 1.82) is 0 Å². The third-order valence-electron chi connectivity index (χ3n) is 6.02. The Morgan fingerprint density at radius 3 is 2.55 bits per heavy atom. The van der Waals surface area contributed by atoms with E-state index in [4.69, 9.17) is 4.74 Å². The molecule has 7 nitrogen and oxygen atoms in total. The van der Waals surface area contributed by atoms with Crippen LogP contribution in [0, 0.1) is 6.92 Å². The highest BCUT2D eigenvalue weighted by atomic mass is 16.5. The van der Waals surface area contributed by atoms with Gasteiger partial charge < -0.3 is 19.9 Å². The first kappa shape index (κ1) is 21.2. The molecule has 0 spiro atoms.